The van der Waals surface area contributed by atoms with Crippen LogP contribution in [0.5, 0.6) is 5.88 Å². The van der Waals surface area contributed by atoms with Crippen molar-refractivity contribution in [2.24, 2.45) is 0 Å². The van der Waals surface area contributed by atoms with Gasteiger partial charge in [-0.25, -0.2) is 0 Å². The van der Waals surface area contributed by atoms with E-state index in [1.807, 2.05) is 66.7 Å². The van der Waals surface area contributed by atoms with Gasteiger partial charge < -0.3 is 9.47 Å². The summed E-state index contributed by atoms with van der Waals surface area (Å²) in [6.45, 7) is 4.68. The van der Waals surface area contributed by atoms with Gasteiger partial charge in [-0.1, -0.05) is 48.5 Å². The Morgan fingerprint density at radius 3 is 2.53 bits per heavy atom. The van der Waals surface area contributed by atoms with Crippen LogP contribution in [0.25, 0.3) is 21.7 Å². The predicted molar refractivity (Wildman–Crippen MR) is 116 cm³/mol. The van der Waals surface area contributed by atoms with Gasteiger partial charge in [0.2, 0.25) is 5.88 Å². The van der Waals surface area contributed by atoms with Crippen LogP contribution in [0, 0.1) is 0 Å². The maximum atomic E-state index is 13.4. The van der Waals surface area contributed by atoms with Crippen molar-refractivity contribution >= 4 is 27.6 Å². The molecule has 30 heavy (non-hydrogen) atoms. The van der Waals surface area contributed by atoms with E-state index >= 15 is 0 Å². The van der Waals surface area contributed by atoms with Crippen LogP contribution in [0.15, 0.2) is 66.7 Å². The standard InChI is InChI=1S/C24H23N3O3/c28-24(20-10-5-7-18-6-1-2-8-19(18)20)27-22-11-4-3-9-21(22)23(25-27)30-17-14-26-12-15-29-16-13-26/h1-11H,12-17H2. The Morgan fingerprint density at radius 2 is 1.67 bits per heavy atom. The molecule has 0 spiro atoms. The molecule has 0 radical (unpaired) electrons. The van der Waals surface area contributed by atoms with Crippen molar-refractivity contribution in [2.45, 2.75) is 0 Å². The largest absolute Gasteiger partial charge is 0.475 e. The van der Waals surface area contributed by atoms with Crippen LogP contribution in [-0.2, 0) is 4.74 Å². The van der Waals surface area contributed by atoms with Crippen molar-refractivity contribution in [3.8, 4) is 5.88 Å². The van der Waals surface area contributed by atoms with Crippen molar-refractivity contribution in [3.05, 3.63) is 72.3 Å². The van der Waals surface area contributed by atoms with Gasteiger partial charge in [0.1, 0.15) is 6.61 Å². The van der Waals surface area contributed by atoms with E-state index in [1.165, 1.54) is 4.68 Å². The molecule has 6 nitrogen and oxygen atoms in total. The topological polar surface area (TPSA) is 56.6 Å². The third kappa shape index (κ3) is 3.56. The summed E-state index contributed by atoms with van der Waals surface area (Å²) in [7, 11) is 0. The van der Waals surface area contributed by atoms with Crippen molar-refractivity contribution in [1.82, 2.24) is 14.7 Å². The average Bonchev–Trinajstić information content (AvgIpc) is 3.18. The lowest BCUT2D eigenvalue weighted by molar-refractivity contribution is 0.0320. The first kappa shape index (κ1) is 18.8. The number of carbonyl (C=O) groups is 1. The molecule has 0 amide bonds. The molecule has 0 saturated carbocycles. The first-order valence-electron chi connectivity index (χ1n) is 10.2. The lowest BCUT2D eigenvalue weighted by Gasteiger charge is -2.26. The van der Waals surface area contributed by atoms with E-state index in [4.69, 9.17) is 9.47 Å². The Morgan fingerprint density at radius 1 is 0.933 bits per heavy atom. The van der Waals surface area contributed by atoms with E-state index in [2.05, 4.69) is 10.00 Å². The Balaban J connectivity index is 1.45. The Labute approximate surface area is 174 Å². The van der Waals surface area contributed by atoms with E-state index in [0.29, 0.717) is 18.1 Å². The van der Waals surface area contributed by atoms with E-state index in [9.17, 15) is 4.79 Å². The zero-order chi connectivity index (χ0) is 20.3. The SMILES string of the molecule is O=C(c1cccc2ccccc12)n1nc(OCCN2CCOCC2)c2ccccc21. The van der Waals surface area contributed by atoms with Gasteiger partial charge in [0, 0.05) is 25.2 Å². The maximum absolute atomic E-state index is 13.4. The van der Waals surface area contributed by atoms with Gasteiger partial charge in [0.25, 0.3) is 5.91 Å². The Bertz CT molecular complexity index is 1190. The van der Waals surface area contributed by atoms with E-state index < -0.39 is 0 Å². The molecule has 1 aromatic heterocycles. The zero-order valence-corrected chi connectivity index (χ0v) is 16.7. The Hall–Kier alpha value is -3.22. The zero-order valence-electron chi connectivity index (χ0n) is 16.7. The van der Waals surface area contributed by atoms with Crippen LogP contribution in [0.2, 0.25) is 0 Å². The highest BCUT2D eigenvalue weighted by molar-refractivity contribution is 6.10. The van der Waals surface area contributed by atoms with Gasteiger partial charge in [-0.15, -0.1) is 5.10 Å². The summed E-state index contributed by atoms with van der Waals surface area (Å²) >= 11 is 0. The lowest BCUT2D eigenvalue weighted by atomic mass is 10.0. The average molecular weight is 401 g/mol. The van der Waals surface area contributed by atoms with Crippen LogP contribution in [0.3, 0.4) is 0 Å². The number of fused-ring (bicyclic) bond motifs is 2. The normalized spacial score (nSPS) is 14.9. The first-order valence-corrected chi connectivity index (χ1v) is 10.2. The fraction of sp³-hybridized carbons (Fsp3) is 0.250. The summed E-state index contributed by atoms with van der Waals surface area (Å²) < 4.78 is 12.9. The summed E-state index contributed by atoms with van der Waals surface area (Å²) in [5, 5.41) is 7.34. The number of hydrogen-bond donors (Lipinski definition) is 0. The number of ether oxygens (including phenoxy) is 2. The molecular weight excluding hydrogens is 378 g/mol. The molecular formula is C24H23N3O3. The fourth-order valence-corrected chi connectivity index (χ4v) is 3.92. The summed E-state index contributed by atoms with van der Waals surface area (Å²) in [6, 6.07) is 21.3. The molecule has 1 fully saturated rings. The van der Waals surface area contributed by atoms with Crippen LogP contribution < -0.4 is 4.74 Å². The number of hydrogen-bond acceptors (Lipinski definition) is 5. The maximum Gasteiger partial charge on any atom is 0.279 e. The van der Waals surface area contributed by atoms with Crippen LogP contribution in [-0.4, -0.2) is 60.0 Å². The molecule has 3 aromatic carbocycles. The summed E-state index contributed by atoms with van der Waals surface area (Å²) in [6.07, 6.45) is 0. The molecule has 4 aromatic rings. The molecule has 1 saturated heterocycles. The molecule has 1 aliphatic rings. The molecule has 6 heteroatoms. The Kier molecular flexibility index (Phi) is 5.17. The number of para-hydroxylation sites is 1. The van der Waals surface area contributed by atoms with E-state index in [1.54, 1.807) is 0 Å². The lowest BCUT2D eigenvalue weighted by Crippen LogP contribution is -2.38. The molecule has 0 unspecified atom stereocenters. The van der Waals surface area contributed by atoms with Crippen LogP contribution in [0.4, 0.5) is 0 Å². The summed E-state index contributed by atoms with van der Waals surface area (Å²) in [5.41, 5.74) is 1.37. The summed E-state index contributed by atoms with van der Waals surface area (Å²) in [5.74, 6) is 0.332. The van der Waals surface area contributed by atoms with Gasteiger partial charge in [0.05, 0.1) is 24.1 Å². The quantitative estimate of drug-likeness (QED) is 0.512. The van der Waals surface area contributed by atoms with Crippen molar-refractivity contribution in [1.29, 1.82) is 0 Å². The highest BCUT2D eigenvalue weighted by Crippen LogP contribution is 2.27. The van der Waals surface area contributed by atoms with E-state index in [-0.39, 0.29) is 5.91 Å². The summed E-state index contributed by atoms with van der Waals surface area (Å²) in [4.78, 5) is 15.7. The second kappa shape index (κ2) is 8.26. The van der Waals surface area contributed by atoms with Gasteiger partial charge >= 0.3 is 0 Å². The predicted octanol–water partition coefficient (Wildman–Crippen LogP) is 3.59. The molecule has 1 aliphatic heterocycles. The van der Waals surface area contributed by atoms with E-state index in [0.717, 1.165) is 54.5 Å². The minimum atomic E-state index is -0.161. The molecule has 152 valence electrons. The number of carbonyl (C=O) groups excluding carboxylic acids is 1. The first-order chi connectivity index (χ1) is 14.8. The number of rotatable bonds is 5. The second-order valence-corrected chi connectivity index (χ2v) is 7.37. The molecule has 2 heterocycles. The van der Waals surface area contributed by atoms with Crippen LogP contribution in [0.1, 0.15) is 10.4 Å². The molecule has 0 bridgehead atoms. The van der Waals surface area contributed by atoms with Gasteiger partial charge in [-0.2, -0.15) is 4.68 Å². The number of benzene rings is 3. The minimum absolute atomic E-state index is 0.161. The highest BCUT2D eigenvalue weighted by Gasteiger charge is 2.20. The highest BCUT2D eigenvalue weighted by atomic mass is 16.5. The monoisotopic (exact) mass is 401 g/mol. The van der Waals surface area contributed by atoms with Crippen molar-refractivity contribution in [3.63, 3.8) is 0 Å². The number of morpholine rings is 1. The fourth-order valence-electron chi connectivity index (χ4n) is 3.92. The van der Waals surface area contributed by atoms with Crippen LogP contribution >= 0.6 is 0 Å². The number of aromatic nitrogens is 2. The molecule has 0 N–H and O–H groups in total. The second-order valence-electron chi connectivity index (χ2n) is 7.37. The number of nitrogens with zero attached hydrogens (tertiary/aromatic N) is 3. The third-order valence-electron chi connectivity index (χ3n) is 5.52. The smallest absolute Gasteiger partial charge is 0.279 e. The molecule has 5 rings (SSSR count). The van der Waals surface area contributed by atoms with Gasteiger partial charge in [-0.05, 0) is 29.0 Å². The molecule has 0 atom stereocenters. The third-order valence-corrected chi connectivity index (χ3v) is 5.52. The van der Waals surface area contributed by atoms with Crippen molar-refractivity contribution in [2.75, 3.05) is 39.5 Å². The minimum Gasteiger partial charge on any atom is -0.475 e. The van der Waals surface area contributed by atoms with Gasteiger partial charge in [-0.3, -0.25) is 9.69 Å². The molecule has 0 aliphatic carbocycles. The van der Waals surface area contributed by atoms with Gasteiger partial charge in [0.15, 0.2) is 0 Å². The van der Waals surface area contributed by atoms with Crippen molar-refractivity contribution < 1.29 is 14.3 Å².